The maximum atomic E-state index is 11.6. The fourth-order valence-electron chi connectivity index (χ4n) is 1.73. The maximum Gasteiger partial charge on any atom is 0.319 e. The quantitative estimate of drug-likeness (QED) is 0.523. The highest BCUT2D eigenvalue weighted by molar-refractivity contribution is 5.79. The number of unbranched alkanes of at least 4 members (excludes halogenated alkanes) is 1. The van der Waals surface area contributed by atoms with Gasteiger partial charge in [-0.25, -0.2) is 0 Å². The van der Waals surface area contributed by atoms with Crippen molar-refractivity contribution in [2.75, 3.05) is 32.8 Å². The lowest BCUT2D eigenvalue weighted by atomic mass is 10.4. The van der Waals surface area contributed by atoms with Crippen molar-refractivity contribution >= 4 is 11.9 Å². The minimum absolute atomic E-state index is 0.0730. The summed E-state index contributed by atoms with van der Waals surface area (Å²) in [6.07, 6.45) is 4.07. The van der Waals surface area contributed by atoms with Gasteiger partial charge in [0.2, 0.25) is 5.91 Å². The number of esters is 1. The summed E-state index contributed by atoms with van der Waals surface area (Å²) in [7, 11) is 0. The van der Waals surface area contributed by atoms with Crippen molar-refractivity contribution in [2.24, 2.45) is 0 Å². The van der Waals surface area contributed by atoms with Crippen LogP contribution in [0.5, 0.6) is 0 Å². The molecule has 1 heterocycles. The second kappa shape index (κ2) is 8.06. The van der Waals surface area contributed by atoms with Crippen LogP contribution in [0.25, 0.3) is 0 Å². The van der Waals surface area contributed by atoms with E-state index < -0.39 is 0 Å². The molecule has 5 nitrogen and oxygen atoms in total. The van der Waals surface area contributed by atoms with E-state index >= 15 is 0 Å². The average molecular weight is 242 g/mol. The summed E-state index contributed by atoms with van der Waals surface area (Å²) in [5.74, 6) is -0.212. The van der Waals surface area contributed by atoms with Crippen molar-refractivity contribution in [3.05, 3.63) is 0 Å². The molecular weight excluding hydrogens is 220 g/mol. The third-order valence-corrected chi connectivity index (χ3v) is 2.77. The number of amides is 1. The molecule has 0 radical (unpaired) electrons. The Morgan fingerprint density at radius 3 is 2.59 bits per heavy atom. The second-order valence-electron chi connectivity index (χ2n) is 4.27. The second-order valence-corrected chi connectivity index (χ2v) is 4.27. The van der Waals surface area contributed by atoms with Gasteiger partial charge < -0.3 is 9.64 Å². The Morgan fingerprint density at radius 1 is 1.24 bits per heavy atom. The van der Waals surface area contributed by atoms with E-state index in [2.05, 4.69) is 5.32 Å². The fraction of sp³-hybridized carbons (Fsp3) is 0.833. The topological polar surface area (TPSA) is 58.6 Å². The van der Waals surface area contributed by atoms with Gasteiger partial charge in [-0.05, 0) is 19.3 Å². The Balaban J connectivity index is 2.02. The number of likely N-dealkylation sites (tertiary alicyclic amines) is 1. The molecule has 1 rings (SSSR count). The van der Waals surface area contributed by atoms with E-state index in [-0.39, 0.29) is 25.0 Å². The molecule has 98 valence electrons. The van der Waals surface area contributed by atoms with E-state index in [9.17, 15) is 9.59 Å². The minimum atomic E-state index is -0.285. The van der Waals surface area contributed by atoms with Crippen LogP contribution in [0.15, 0.2) is 0 Å². The van der Waals surface area contributed by atoms with Crippen LogP contribution in [0.1, 0.15) is 32.6 Å². The van der Waals surface area contributed by atoms with E-state index in [0.29, 0.717) is 6.61 Å². The van der Waals surface area contributed by atoms with E-state index in [1.54, 1.807) is 0 Å². The molecule has 1 fully saturated rings. The van der Waals surface area contributed by atoms with Gasteiger partial charge in [0.25, 0.3) is 0 Å². The minimum Gasteiger partial charge on any atom is -0.465 e. The molecule has 1 aliphatic heterocycles. The first-order valence-corrected chi connectivity index (χ1v) is 6.38. The van der Waals surface area contributed by atoms with Crippen molar-refractivity contribution in [1.29, 1.82) is 0 Å². The van der Waals surface area contributed by atoms with Gasteiger partial charge in [-0.15, -0.1) is 0 Å². The van der Waals surface area contributed by atoms with Crippen LogP contribution in [0.2, 0.25) is 0 Å². The van der Waals surface area contributed by atoms with Crippen LogP contribution in [0.3, 0.4) is 0 Å². The predicted octanol–water partition coefficient (Wildman–Crippen LogP) is 0.542. The molecule has 1 aliphatic rings. The number of nitrogens with zero attached hydrogens (tertiary/aromatic N) is 1. The summed E-state index contributed by atoms with van der Waals surface area (Å²) in [5.41, 5.74) is 0. The van der Waals surface area contributed by atoms with Crippen molar-refractivity contribution in [3.63, 3.8) is 0 Å². The van der Waals surface area contributed by atoms with E-state index in [4.69, 9.17) is 4.74 Å². The van der Waals surface area contributed by atoms with E-state index in [1.165, 1.54) is 0 Å². The largest absolute Gasteiger partial charge is 0.465 e. The number of rotatable bonds is 7. The van der Waals surface area contributed by atoms with Gasteiger partial charge in [-0.3, -0.25) is 14.9 Å². The summed E-state index contributed by atoms with van der Waals surface area (Å²) in [4.78, 5) is 24.6. The molecule has 1 amide bonds. The van der Waals surface area contributed by atoms with Gasteiger partial charge in [0.05, 0.1) is 19.7 Å². The third-order valence-electron chi connectivity index (χ3n) is 2.77. The highest BCUT2D eigenvalue weighted by Gasteiger charge is 2.17. The van der Waals surface area contributed by atoms with Gasteiger partial charge in [-0.1, -0.05) is 13.3 Å². The fourth-order valence-corrected chi connectivity index (χ4v) is 1.73. The molecule has 0 aromatic heterocycles. The van der Waals surface area contributed by atoms with Gasteiger partial charge in [-0.2, -0.15) is 0 Å². The smallest absolute Gasteiger partial charge is 0.319 e. The molecule has 0 aromatic carbocycles. The lowest BCUT2D eigenvalue weighted by Crippen LogP contribution is -2.38. The molecule has 0 atom stereocenters. The summed E-state index contributed by atoms with van der Waals surface area (Å²) >= 11 is 0. The highest BCUT2D eigenvalue weighted by Crippen LogP contribution is 2.06. The average Bonchev–Trinajstić information content (AvgIpc) is 2.82. The number of hydrogen-bond donors (Lipinski definition) is 1. The molecule has 0 spiro atoms. The molecule has 1 saturated heterocycles. The summed E-state index contributed by atoms with van der Waals surface area (Å²) < 4.78 is 4.96. The first-order chi connectivity index (χ1) is 8.24. The summed E-state index contributed by atoms with van der Waals surface area (Å²) in [6.45, 7) is 4.55. The molecule has 17 heavy (non-hydrogen) atoms. The molecule has 0 saturated carbocycles. The Hall–Kier alpha value is -1.10. The van der Waals surface area contributed by atoms with Crippen molar-refractivity contribution in [3.8, 4) is 0 Å². The predicted molar refractivity (Wildman–Crippen MR) is 64.6 cm³/mol. The first-order valence-electron chi connectivity index (χ1n) is 6.38. The normalized spacial score (nSPS) is 15.0. The van der Waals surface area contributed by atoms with Crippen LogP contribution in [0, 0.1) is 0 Å². The number of carbonyl (C=O) groups is 2. The van der Waals surface area contributed by atoms with Crippen molar-refractivity contribution < 1.29 is 14.3 Å². The van der Waals surface area contributed by atoms with Gasteiger partial charge >= 0.3 is 5.97 Å². The molecule has 0 unspecified atom stereocenters. The third kappa shape index (κ3) is 5.68. The molecule has 0 bridgehead atoms. The number of carbonyl (C=O) groups excluding carboxylic acids is 2. The molecule has 0 aliphatic carbocycles. The van der Waals surface area contributed by atoms with E-state index in [0.717, 1.165) is 38.8 Å². The van der Waals surface area contributed by atoms with Crippen molar-refractivity contribution in [2.45, 2.75) is 32.6 Å². The molecule has 1 N–H and O–H groups in total. The lowest BCUT2D eigenvalue weighted by Gasteiger charge is -2.15. The van der Waals surface area contributed by atoms with Crippen LogP contribution >= 0.6 is 0 Å². The Bertz CT molecular complexity index is 250. The van der Waals surface area contributed by atoms with Crippen LogP contribution in [0.4, 0.5) is 0 Å². The van der Waals surface area contributed by atoms with E-state index in [1.807, 2.05) is 11.8 Å². The number of hydrogen-bond acceptors (Lipinski definition) is 4. The zero-order chi connectivity index (χ0) is 12.5. The van der Waals surface area contributed by atoms with Crippen LogP contribution in [-0.4, -0.2) is 49.6 Å². The number of ether oxygens (including phenoxy) is 1. The standard InChI is InChI=1S/C12H22N2O3/c1-2-3-8-17-12(16)10-13-9-11(15)14-6-4-5-7-14/h13H,2-10H2,1H3. The summed E-state index contributed by atoms with van der Waals surface area (Å²) in [6, 6.07) is 0. The number of nitrogens with one attached hydrogen (secondary N) is 1. The van der Waals surface area contributed by atoms with Crippen LogP contribution < -0.4 is 5.32 Å². The lowest BCUT2D eigenvalue weighted by molar-refractivity contribution is -0.142. The SMILES string of the molecule is CCCCOC(=O)CNCC(=O)N1CCCC1. The summed E-state index contributed by atoms with van der Waals surface area (Å²) in [5, 5.41) is 2.82. The monoisotopic (exact) mass is 242 g/mol. The Morgan fingerprint density at radius 2 is 1.94 bits per heavy atom. The maximum absolute atomic E-state index is 11.6. The first kappa shape index (κ1) is 14.0. The van der Waals surface area contributed by atoms with Gasteiger partial charge in [0.1, 0.15) is 0 Å². The van der Waals surface area contributed by atoms with Crippen LogP contribution in [-0.2, 0) is 14.3 Å². The molecule has 5 heteroatoms. The van der Waals surface area contributed by atoms with Crippen molar-refractivity contribution in [1.82, 2.24) is 10.2 Å². The Labute approximate surface area is 102 Å². The highest BCUT2D eigenvalue weighted by atomic mass is 16.5. The molecular formula is C12H22N2O3. The zero-order valence-electron chi connectivity index (χ0n) is 10.5. The van der Waals surface area contributed by atoms with Gasteiger partial charge in [0.15, 0.2) is 0 Å². The molecule has 0 aromatic rings. The van der Waals surface area contributed by atoms with Gasteiger partial charge in [0, 0.05) is 13.1 Å². The zero-order valence-corrected chi connectivity index (χ0v) is 10.5. The Kier molecular flexibility index (Phi) is 6.62.